The van der Waals surface area contributed by atoms with Crippen LogP contribution in [0.1, 0.15) is 18.2 Å². The minimum Gasteiger partial charge on any atom is -0.435 e. The van der Waals surface area contributed by atoms with Crippen molar-refractivity contribution in [2.75, 3.05) is 23.4 Å². The maximum absolute atomic E-state index is 6.28. The maximum atomic E-state index is 6.28. The zero-order valence-electron chi connectivity index (χ0n) is 16.0. The quantitative estimate of drug-likeness (QED) is 0.481. The second kappa shape index (κ2) is 5.71. The lowest BCUT2D eigenvalue weighted by molar-refractivity contribution is 0.635. The Morgan fingerprint density at radius 1 is 1.07 bits per heavy atom. The molecule has 1 aliphatic heterocycles. The van der Waals surface area contributed by atoms with Crippen molar-refractivity contribution in [1.82, 2.24) is 9.97 Å². The second-order valence-electron chi connectivity index (χ2n) is 7.43. The monoisotopic (exact) mass is 358 g/mol. The van der Waals surface area contributed by atoms with E-state index in [2.05, 4.69) is 59.9 Å². The summed E-state index contributed by atoms with van der Waals surface area (Å²) < 4.78 is 6.28. The maximum Gasteiger partial charge on any atom is 0.227 e. The largest absolute Gasteiger partial charge is 0.435 e. The highest BCUT2D eigenvalue weighted by molar-refractivity contribution is 6.09. The molecular weight excluding hydrogens is 336 g/mol. The number of pyridine rings is 2. The molecule has 0 unspecified atom stereocenters. The third-order valence-corrected chi connectivity index (χ3v) is 5.60. The normalized spacial score (nSPS) is 17.0. The van der Waals surface area contributed by atoms with Crippen molar-refractivity contribution in [2.45, 2.75) is 26.8 Å². The van der Waals surface area contributed by atoms with E-state index in [1.165, 1.54) is 5.56 Å². The average molecular weight is 358 g/mol. The van der Waals surface area contributed by atoms with Crippen molar-refractivity contribution in [3.63, 3.8) is 0 Å². The van der Waals surface area contributed by atoms with Crippen LogP contribution in [-0.2, 0) is 0 Å². The number of anilines is 3. The molecule has 1 atom stereocenters. The number of aromatic nitrogens is 2. The molecule has 1 aliphatic rings. The van der Waals surface area contributed by atoms with E-state index in [0.717, 1.165) is 45.8 Å². The molecule has 0 aliphatic carbocycles. The van der Waals surface area contributed by atoms with Crippen LogP contribution in [0, 0.1) is 13.8 Å². The zero-order chi connectivity index (χ0) is 18.7. The van der Waals surface area contributed by atoms with Gasteiger partial charge in [-0.2, -0.15) is 0 Å². The fourth-order valence-electron chi connectivity index (χ4n) is 4.01. The van der Waals surface area contributed by atoms with Crippen molar-refractivity contribution >= 4 is 39.3 Å². The Balaban J connectivity index is 1.81. The van der Waals surface area contributed by atoms with Crippen LogP contribution in [0.15, 0.2) is 47.0 Å². The van der Waals surface area contributed by atoms with Crippen LogP contribution in [0.3, 0.4) is 0 Å². The summed E-state index contributed by atoms with van der Waals surface area (Å²) >= 11 is 0. The predicted molar refractivity (Wildman–Crippen MR) is 110 cm³/mol. The first-order valence-electron chi connectivity index (χ1n) is 9.29. The number of hydrogen-bond acceptors (Lipinski definition) is 5. The van der Waals surface area contributed by atoms with Gasteiger partial charge >= 0.3 is 0 Å². The smallest absolute Gasteiger partial charge is 0.227 e. The van der Waals surface area contributed by atoms with Gasteiger partial charge in [0, 0.05) is 42.3 Å². The Morgan fingerprint density at radius 2 is 1.89 bits per heavy atom. The number of furan rings is 1. The van der Waals surface area contributed by atoms with Crippen LogP contribution >= 0.6 is 0 Å². The molecule has 5 nitrogen and oxygen atoms in total. The summed E-state index contributed by atoms with van der Waals surface area (Å²) in [7, 11) is 2.13. The highest BCUT2D eigenvalue weighted by atomic mass is 16.3. The molecule has 0 saturated heterocycles. The first kappa shape index (κ1) is 16.1. The lowest BCUT2D eigenvalue weighted by atomic mass is 10.1. The van der Waals surface area contributed by atoms with Crippen LogP contribution in [0.5, 0.6) is 0 Å². The first-order valence-corrected chi connectivity index (χ1v) is 9.29. The summed E-state index contributed by atoms with van der Waals surface area (Å²) in [6.45, 7) is 7.21. The molecule has 5 rings (SSSR count). The summed E-state index contributed by atoms with van der Waals surface area (Å²) in [6.07, 6.45) is 1.86. The van der Waals surface area contributed by atoms with Gasteiger partial charge in [-0.05, 0) is 50.6 Å². The molecule has 0 spiro atoms. The van der Waals surface area contributed by atoms with E-state index in [1.807, 2.05) is 25.3 Å². The van der Waals surface area contributed by atoms with Crippen molar-refractivity contribution in [2.24, 2.45) is 0 Å². The van der Waals surface area contributed by atoms with Gasteiger partial charge in [0.1, 0.15) is 0 Å². The molecule has 0 bridgehead atoms. The number of rotatable bonds is 1. The molecule has 3 aromatic heterocycles. The zero-order valence-corrected chi connectivity index (χ0v) is 16.0. The molecule has 1 aromatic carbocycles. The number of fused-ring (bicyclic) bond motifs is 4. The third-order valence-electron chi connectivity index (χ3n) is 5.60. The van der Waals surface area contributed by atoms with Crippen LogP contribution in [-0.4, -0.2) is 29.6 Å². The van der Waals surface area contributed by atoms with Gasteiger partial charge in [0.2, 0.25) is 5.71 Å². The van der Waals surface area contributed by atoms with E-state index >= 15 is 0 Å². The van der Waals surface area contributed by atoms with Gasteiger partial charge in [-0.3, -0.25) is 0 Å². The van der Waals surface area contributed by atoms with Gasteiger partial charge in [-0.1, -0.05) is 12.1 Å². The van der Waals surface area contributed by atoms with Gasteiger partial charge in [-0.15, -0.1) is 0 Å². The Bertz CT molecular complexity index is 1180. The van der Waals surface area contributed by atoms with Crippen LogP contribution in [0.4, 0.5) is 17.2 Å². The second-order valence-corrected chi connectivity index (χ2v) is 7.43. The molecule has 4 aromatic rings. The Morgan fingerprint density at radius 3 is 2.74 bits per heavy atom. The van der Waals surface area contributed by atoms with E-state index in [-0.39, 0.29) is 0 Å². The summed E-state index contributed by atoms with van der Waals surface area (Å²) in [6, 6.07) is 12.9. The predicted octanol–water partition coefficient (Wildman–Crippen LogP) is 4.97. The average Bonchev–Trinajstić information content (AvgIpc) is 3.02. The van der Waals surface area contributed by atoms with E-state index in [9.17, 15) is 0 Å². The number of hydrogen-bond donors (Lipinski definition) is 0. The molecular formula is C22H22N4O. The molecule has 4 heterocycles. The van der Waals surface area contributed by atoms with Gasteiger partial charge in [0.25, 0.3) is 0 Å². The number of nitrogens with zero attached hydrogens (tertiary/aromatic N) is 4. The van der Waals surface area contributed by atoms with Crippen molar-refractivity contribution in [1.29, 1.82) is 0 Å². The van der Waals surface area contributed by atoms with E-state index in [4.69, 9.17) is 9.40 Å². The molecule has 0 fully saturated rings. The SMILES string of the molecule is Cc1ccc2c(n1)oc1c(N3C[C@@H](C)N(C)c4cccnc43)c(C)ccc12. The Hall–Kier alpha value is -3.08. The summed E-state index contributed by atoms with van der Waals surface area (Å²) in [4.78, 5) is 13.9. The molecule has 0 saturated carbocycles. The van der Waals surface area contributed by atoms with E-state index < -0.39 is 0 Å². The fourth-order valence-corrected chi connectivity index (χ4v) is 4.01. The standard InChI is InChI=1S/C22H22N4O/c1-13-7-9-16-17-10-8-14(2)24-22(17)27-20(16)19(13)26-12-15(3)25(4)18-6-5-11-23-21(18)26/h5-11,15H,12H2,1-4H3/t15-/m1/s1. The van der Waals surface area contributed by atoms with Gasteiger partial charge in [-0.25, -0.2) is 9.97 Å². The lowest BCUT2D eigenvalue weighted by Gasteiger charge is -2.40. The first-order chi connectivity index (χ1) is 13.0. The van der Waals surface area contributed by atoms with Crippen LogP contribution in [0.25, 0.3) is 22.1 Å². The highest BCUT2D eigenvalue weighted by Crippen LogP contribution is 2.43. The van der Waals surface area contributed by atoms with Crippen LogP contribution in [0.2, 0.25) is 0 Å². The topological polar surface area (TPSA) is 45.4 Å². The molecule has 0 N–H and O–H groups in total. The number of likely N-dealkylation sites (N-methyl/N-ethyl adjacent to an activating group) is 1. The van der Waals surface area contributed by atoms with Gasteiger partial charge < -0.3 is 14.2 Å². The fraction of sp³-hybridized carbons (Fsp3) is 0.273. The molecule has 0 radical (unpaired) electrons. The van der Waals surface area contributed by atoms with Crippen molar-refractivity contribution < 1.29 is 4.42 Å². The Labute approximate surface area is 158 Å². The van der Waals surface area contributed by atoms with Crippen molar-refractivity contribution in [3.8, 4) is 0 Å². The van der Waals surface area contributed by atoms with Crippen molar-refractivity contribution in [3.05, 3.63) is 53.9 Å². The third kappa shape index (κ3) is 2.31. The van der Waals surface area contributed by atoms with E-state index in [0.29, 0.717) is 11.8 Å². The molecule has 5 heteroatoms. The van der Waals surface area contributed by atoms with Gasteiger partial charge in [0.15, 0.2) is 11.4 Å². The summed E-state index contributed by atoms with van der Waals surface area (Å²) in [5.74, 6) is 0.971. The number of aryl methyl sites for hydroxylation is 2. The highest BCUT2D eigenvalue weighted by Gasteiger charge is 2.30. The molecule has 0 amide bonds. The number of benzene rings is 1. The van der Waals surface area contributed by atoms with Crippen LogP contribution < -0.4 is 9.80 Å². The molecule has 136 valence electrons. The Kier molecular flexibility index (Phi) is 3.41. The summed E-state index contributed by atoms with van der Waals surface area (Å²) in [5.41, 5.74) is 5.93. The minimum absolute atomic E-state index is 0.362. The molecule has 27 heavy (non-hydrogen) atoms. The lowest BCUT2D eigenvalue weighted by Crippen LogP contribution is -2.44. The van der Waals surface area contributed by atoms with Gasteiger partial charge in [0.05, 0.1) is 11.4 Å². The van der Waals surface area contributed by atoms with E-state index in [1.54, 1.807) is 0 Å². The minimum atomic E-state index is 0.362. The summed E-state index contributed by atoms with van der Waals surface area (Å²) in [5, 5.41) is 2.16.